The van der Waals surface area contributed by atoms with Crippen LogP contribution in [-0.2, 0) is 4.79 Å². The van der Waals surface area contributed by atoms with E-state index in [1.54, 1.807) is 18.2 Å². The Labute approximate surface area is 196 Å². The van der Waals surface area contributed by atoms with E-state index in [0.29, 0.717) is 21.4 Å². The van der Waals surface area contributed by atoms with Gasteiger partial charge in [-0.25, -0.2) is 9.97 Å². The first kappa shape index (κ1) is 21.8. The molecule has 0 fully saturated rings. The summed E-state index contributed by atoms with van der Waals surface area (Å²) in [6.45, 7) is 1.97. The van der Waals surface area contributed by atoms with Gasteiger partial charge in [0.15, 0.2) is 0 Å². The van der Waals surface area contributed by atoms with Crippen LogP contribution in [0.25, 0.3) is 22.5 Å². The van der Waals surface area contributed by atoms with Crippen LogP contribution >= 0.6 is 23.2 Å². The van der Waals surface area contributed by atoms with E-state index in [1.807, 2.05) is 67.6 Å². The van der Waals surface area contributed by atoms with Gasteiger partial charge in [0.25, 0.3) is 0 Å². The number of rotatable bonds is 6. The smallest absolute Gasteiger partial charge is 0.246 e. The molecule has 4 aromatic rings. The van der Waals surface area contributed by atoms with Gasteiger partial charge < -0.3 is 5.32 Å². The van der Waals surface area contributed by atoms with Gasteiger partial charge in [0.05, 0.1) is 17.9 Å². The molecule has 32 heavy (non-hydrogen) atoms. The van der Waals surface area contributed by atoms with Crippen molar-refractivity contribution < 1.29 is 4.79 Å². The zero-order valence-electron chi connectivity index (χ0n) is 17.3. The van der Waals surface area contributed by atoms with Crippen molar-refractivity contribution in [3.8, 4) is 22.5 Å². The molecule has 7 heteroatoms. The molecule has 160 valence electrons. The summed E-state index contributed by atoms with van der Waals surface area (Å²) in [5, 5.41) is 7.13. The van der Waals surface area contributed by atoms with Crippen LogP contribution in [0.1, 0.15) is 5.56 Å². The first-order chi connectivity index (χ1) is 15.5. The number of nitrogens with zero attached hydrogens (tertiary/aromatic N) is 2. The Morgan fingerprint density at radius 3 is 2.16 bits per heavy atom. The Balaban J connectivity index is 1.57. The summed E-state index contributed by atoms with van der Waals surface area (Å²) in [7, 11) is 0. The van der Waals surface area contributed by atoms with Gasteiger partial charge in [0.1, 0.15) is 0 Å². The standard InChI is InChI=1S/C25H20Cl2N4O/c1-16-7-12-20(13-21(16)27)28-15-24(32)31-25-29-22(17-5-3-2-4-6-17)14-23(30-25)18-8-10-19(26)11-9-18/h2-14,28H,15H2,1H3,(H,29,30,31,32). The number of aromatic nitrogens is 2. The number of anilines is 2. The van der Waals surface area contributed by atoms with Crippen molar-refractivity contribution >= 4 is 40.7 Å². The van der Waals surface area contributed by atoms with Crippen molar-refractivity contribution in [3.05, 3.63) is 94.5 Å². The molecule has 0 bridgehead atoms. The molecule has 0 spiro atoms. The summed E-state index contributed by atoms with van der Waals surface area (Å²) < 4.78 is 0. The van der Waals surface area contributed by atoms with Crippen LogP contribution in [0.2, 0.25) is 10.0 Å². The van der Waals surface area contributed by atoms with E-state index in [2.05, 4.69) is 20.6 Å². The highest BCUT2D eigenvalue weighted by atomic mass is 35.5. The molecule has 0 saturated carbocycles. The van der Waals surface area contributed by atoms with E-state index >= 15 is 0 Å². The Morgan fingerprint density at radius 1 is 0.844 bits per heavy atom. The second kappa shape index (κ2) is 9.81. The summed E-state index contributed by atoms with van der Waals surface area (Å²) >= 11 is 12.2. The van der Waals surface area contributed by atoms with Crippen LogP contribution in [0.15, 0.2) is 78.9 Å². The molecule has 1 amide bonds. The quantitative estimate of drug-likeness (QED) is 0.344. The largest absolute Gasteiger partial charge is 0.376 e. The average molecular weight is 463 g/mol. The third-order valence-corrected chi connectivity index (χ3v) is 5.47. The van der Waals surface area contributed by atoms with Gasteiger partial charge >= 0.3 is 0 Å². The lowest BCUT2D eigenvalue weighted by Crippen LogP contribution is -2.23. The number of nitrogens with one attached hydrogen (secondary N) is 2. The average Bonchev–Trinajstić information content (AvgIpc) is 2.81. The second-order valence-electron chi connectivity index (χ2n) is 7.20. The fourth-order valence-corrected chi connectivity index (χ4v) is 3.39. The molecule has 4 rings (SSSR count). The van der Waals surface area contributed by atoms with E-state index in [1.165, 1.54) is 0 Å². The van der Waals surface area contributed by atoms with Gasteiger partial charge in [0.2, 0.25) is 11.9 Å². The Morgan fingerprint density at radius 2 is 1.50 bits per heavy atom. The molecule has 1 aromatic heterocycles. The molecule has 0 aliphatic rings. The molecule has 0 aliphatic carbocycles. The molecule has 0 atom stereocenters. The highest BCUT2D eigenvalue weighted by molar-refractivity contribution is 6.31. The summed E-state index contributed by atoms with van der Waals surface area (Å²) in [6, 6.07) is 24.6. The van der Waals surface area contributed by atoms with Crippen LogP contribution in [-0.4, -0.2) is 22.4 Å². The van der Waals surface area contributed by atoms with Crippen LogP contribution in [0.4, 0.5) is 11.6 Å². The minimum absolute atomic E-state index is 0.0502. The van der Waals surface area contributed by atoms with Crippen molar-refractivity contribution in [1.29, 1.82) is 0 Å². The van der Waals surface area contributed by atoms with Gasteiger partial charge in [-0.05, 0) is 42.8 Å². The highest BCUT2D eigenvalue weighted by Gasteiger charge is 2.11. The van der Waals surface area contributed by atoms with Gasteiger partial charge in [-0.3, -0.25) is 10.1 Å². The third kappa shape index (κ3) is 5.44. The monoisotopic (exact) mass is 462 g/mol. The summed E-state index contributed by atoms with van der Waals surface area (Å²) in [4.78, 5) is 21.7. The Hall–Kier alpha value is -3.41. The van der Waals surface area contributed by atoms with Gasteiger partial charge in [-0.1, -0.05) is 71.7 Å². The maximum atomic E-state index is 12.6. The molecule has 0 unspecified atom stereocenters. The molecular formula is C25H20Cl2N4O. The number of aryl methyl sites for hydroxylation is 1. The van der Waals surface area contributed by atoms with Crippen LogP contribution in [0.3, 0.4) is 0 Å². The van der Waals surface area contributed by atoms with Crippen molar-refractivity contribution in [3.63, 3.8) is 0 Å². The minimum atomic E-state index is -0.269. The van der Waals surface area contributed by atoms with Crippen LogP contribution in [0, 0.1) is 6.92 Å². The van der Waals surface area contributed by atoms with E-state index in [9.17, 15) is 4.79 Å². The second-order valence-corrected chi connectivity index (χ2v) is 8.04. The van der Waals surface area contributed by atoms with Gasteiger partial charge in [-0.15, -0.1) is 0 Å². The minimum Gasteiger partial charge on any atom is -0.376 e. The lowest BCUT2D eigenvalue weighted by Gasteiger charge is -2.11. The number of amides is 1. The van der Waals surface area contributed by atoms with E-state index in [-0.39, 0.29) is 18.4 Å². The molecule has 0 radical (unpaired) electrons. The van der Waals surface area contributed by atoms with Crippen molar-refractivity contribution in [1.82, 2.24) is 9.97 Å². The fourth-order valence-electron chi connectivity index (χ4n) is 3.08. The Bertz CT molecular complexity index is 1240. The van der Waals surface area contributed by atoms with Crippen molar-refractivity contribution in [2.75, 3.05) is 17.2 Å². The first-order valence-corrected chi connectivity index (χ1v) is 10.7. The topological polar surface area (TPSA) is 66.9 Å². The predicted molar refractivity (Wildman–Crippen MR) is 131 cm³/mol. The normalized spacial score (nSPS) is 10.6. The molecule has 5 nitrogen and oxygen atoms in total. The number of hydrogen-bond acceptors (Lipinski definition) is 4. The molecule has 0 aliphatic heterocycles. The van der Waals surface area contributed by atoms with Crippen molar-refractivity contribution in [2.45, 2.75) is 6.92 Å². The molecule has 1 heterocycles. The summed E-state index contributed by atoms with van der Waals surface area (Å²) in [5.41, 5.74) is 4.92. The number of benzene rings is 3. The van der Waals surface area contributed by atoms with E-state index in [0.717, 1.165) is 22.4 Å². The number of hydrogen-bond donors (Lipinski definition) is 2. The fraction of sp³-hybridized carbons (Fsp3) is 0.0800. The zero-order chi connectivity index (χ0) is 22.5. The zero-order valence-corrected chi connectivity index (χ0v) is 18.8. The SMILES string of the molecule is Cc1ccc(NCC(=O)Nc2nc(-c3ccccc3)cc(-c3ccc(Cl)cc3)n2)cc1Cl. The van der Waals surface area contributed by atoms with Gasteiger partial charge in [0, 0.05) is 26.9 Å². The molecule has 3 aromatic carbocycles. The van der Waals surface area contributed by atoms with Crippen molar-refractivity contribution in [2.24, 2.45) is 0 Å². The molecule has 0 saturated heterocycles. The first-order valence-electron chi connectivity index (χ1n) is 9.98. The van der Waals surface area contributed by atoms with Crippen LogP contribution < -0.4 is 10.6 Å². The van der Waals surface area contributed by atoms with E-state index in [4.69, 9.17) is 23.2 Å². The van der Waals surface area contributed by atoms with E-state index < -0.39 is 0 Å². The Kier molecular flexibility index (Phi) is 6.69. The van der Waals surface area contributed by atoms with Gasteiger partial charge in [-0.2, -0.15) is 0 Å². The summed E-state index contributed by atoms with van der Waals surface area (Å²) in [5.74, 6) is -0.0426. The molecule has 2 N–H and O–H groups in total. The summed E-state index contributed by atoms with van der Waals surface area (Å²) in [6.07, 6.45) is 0. The number of carbonyl (C=O) groups is 1. The number of halogens is 2. The predicted octanol–water partition coefficient (Wildman–Crippen LogP) is 6.48. The number of carbonyl (C=O) groups excluding carboxylic acids is 1. The molecular weight excluding hydrogens is 443 g/mol. The maximum absolute atomic E-state index is 12.6. The highest BCUT2D eigenvalue weighted by Crippen LogP contribution is 2.26. The van der Waals surface area contributed by atoms with Crippen LogP contribution in [0.5, 0.6) is 0 Å². The lowest BCUT2D eigenvalue weighted by atomic mass is 10.1. The third-order valence-electron chi connectivity index (χ3n) is 4.81. The lowest BCUT2D eigenvalue weighted by molar-refractivity contribution is -0.114. The maximum Gasteiger partial charge on any atom is 0.246 e.